The lowest BCUT2D eigenvalue weighted by Crippen LogP contribution is -2.04. The third-order valence-electron chi connectivity index (χ3n) is 2.98. The molecule has 82 valence electrons. The average Bonchev–Trinajstić information content (AvgIpc) is 2.33. The minimum atomic E-state index is 0.481. The van der Waals surface area contributed by atoms with Crippen LogP contribution in [0.25, 0.3) is 0 Å². The van der Waals surface area contributed by atoms with Crippen LogP contribution in [0.1, 0.15) is 43.6 Å². The first-order valence-corrected chi connectivity index (χ1v) is 5.44. The zero-order valence-corrected chi connectivity index (χ0v) is 8.98. The van der Waals surface area contributed by atoms with Crippen LogP contribution in [-0.4, -0.2) is 11.9 Å². The quantitative estimate of drug-likeness (QED) is 0.765. The lowest BCUT2D eigenvalue weighted by atomic mass is 9.84. The van der Waals surface area contributed by atoms with Crippen LogP contribution in [0.4, 0.5) is 0 Å². The van der Waals surface area contributed by atoms with Gasteiger partial charge < -0.3 is 9.90 Å². The first-order valence-electron chi connectivity index (χ1n) is 5.44. The van der Waals surface area contributed by atoms with Crippen LogP contribution < -0.4 is 0 Å². The van der Waals surface area contributed by atoms with Crippen LogP contribution >= 0.6 is 0 Å². The van der Waals surface area contributed by atoms with Crippen LogP contribution in [-0.2, 0) is 4.79 Å². The number of carbonyl (C=O) groups excluding carboxylic acids is 1. The maximum atomic E-state index is 9.66. The predicted molar refractivity (Wildman–Crippen MR) is 61.1 cm³/mol. The standard InChI is InChI=1S/C12H16O.CH2O/c13-12-9-5-4-8-11(12)10-6-2-1-3-7-10;1-2/h4-5,8-10,13H,1-3,6-7H2;1H2. The van der Waals surface area contributed by atoms with E-state index in [2.05, 4.69) is 6.07 Å². The summed E-state index contributed by atoms with van der Waals surface area (Å²) in [6.45, 7) is 2.00. The van der Waals surface area contributed by atoms with Gasteiger partial charge in [0.2, 0.25) is 0 Å². The number of rotatable bonds is 1. The Hall–Kier alpha value is -1.31. The summed E-state index contributed by atoms with van der Waals surface area (Å²) >= 11 is 0. The summed E-state index contributed by atoms with van der Waals surface area (Å²) in [4.78, 5) is 8.00. The minimum Gasteiger partial charge on any atom is -0.508 e. The molecule has 0 aliphatic heterocycles. The fraction of sp³-hybridized carbons (Fsp3) is 0.462. The maximum absolute atomic E-state index is 9.66. The topological polar surface area (TPSA) is 37.3 Å². The number of carbonyl (C=O) groups is 1. The van der Waals surface area contributed by atoms with E-state index < -0.39 is 0 Å². The van der Waals surface area contributed by atoms with E-state index in [4.69, 9.17) is 4.79 Å². The van der Waals surface area contributed by atoms with Gasteiger partial charge in [-0.25, -0.2) is 0 Å². The van der Waals surface area contributed by atoms with Crippen LogP contribution in [0.5, 0.6) is 5.75 Å². The van der Waals surface area contributed by atoms with Gasteiger partial charge in [0.25, 0.3) is 0 Å². The Balaban J connectivity index is 0.000000531. The molecule has 1 N–H and O–H groups in total. The molecule has 0 atom stereocenters. The van der Waals surface area contributed by atoms with E-state index in [1.54, 1.807) is 6.07 Å². The van der Waals surface area contributed by atoms with E-state index in [0.717, 1.165) is 5.56 Å². The Labute approximate surface area is 90.9 Å². The molecule has 0 heterocycles. The highest BCUT2D eigenvalue weighted by Crippen LogP contribution is 2.36. The van der Waals surface area contributed by atoms with Crippen LogP contribution in [0.2, 0.25) is 0 Å². The third-order valence-corrected chi connectivity index (χ3v) is 2.98. The van der Waals surface area contributed by atoms with Gasteiger partial charge in [0.05, 0.1) is 0 Å². The second-order valence-electron chi connectivity index (χ2n) is 3.89. The number of phenols is 1. The number of para-hydroxylation sites is 1. The van der Waals surface area contributed by atoms with Crippen molar-refractivity contribution < 1.29 is 9.90 Å². The fourth-order valence-electron chi connectivity index (χ4n) is 2.25. The highest BCUT2D eigenvalue weighted by molar-refractivity contribution is 5.34. The molecule has 1 aromatic carbocycles. The lowest BCUT2D eigenvalue weighted by molar-refractivity contribution is -0.0979. The van der Waals surface area contributed by atoms with Gasteiger partial charge in [0.1, 0.15) is 12.5 Å². The minimum absolute atomic E-state index is 0.481. The summed E-state index contributed by atoms with van der Waals surface area (Å²) in [5, 5.41) is 9.66. The molecule has 1 aliphatic carbocycles. The number of benzene rings is 1. The number of phenolic OH excluding ortho intramolecular Hbond substituents is 1. The molecule has 15 heavy (non-hydrogen) atoms. The Morgan fingerprint density at radius 1 is 1.07 bits per heavy atom. The van der Waals surface area contributed by atoms with Crippen molar-refractivity contribution in [3.05, 3.63) is 29.8 Å². The predicted octanol–water partition coefficient (Wildman–Crippen LogP) is 3.26. The van der Waals surface area contributed by atoms with E-state index in [1.807, 2.05) is 18.9 Å². The summed E-state index contributed by atoms with van der Waals surface area (Å²) in [5.74, 6) is 1.09. The van der Waals surface area contributed by atoms with Gasteiger partial charge >= 0.3 is 0 Å². The average molecular weight is 206 g/mol. The van der Waals surface area contributed by atoms with E-state index in [9.17, 15) is 5.11 Å². The molecule has 2 heteroatoms. The van der Waals surface area contributed by atoms with Gasteiger partial charge in [-0.15, -0.1) is 0 Å². The zero-order valence-electron chi connectivity index (χ0n) is 8.98. The Bertz CT molecular complexity index is 290. The molecule has 1 saturated carbocycles. The van der Waals surface area contributed by atoms with E-state index in [-0.39, 0.29) is 0 Å². The van der Waals surface area contributed by atoms with Crippen molar-refractivity contribution >= 4 is 6.79 Å². The largest absolute Gasteiger partial charge is 0.508 e. The summed E-state index contributed by atoms with van der Waals surface area (Å²) in [7, 11) is 0. The monoisotopic (exact) mass is 206 g/mol. The smallest absolute Gasteiger partial charge is 0.119 e. The van der Waals surface area contributed by atoms with E-state index >= 15 is 0 Å². The SMILES string of the molecule is C=O.Oc1ccccc1C1CCCCC1. The van der Waals surface area contributed by atoms with Crippen molar-refractivity contribution in [3.8, 4) is 5.75 Å². The van der Waals surface area contributed by atoms with Crippen molar-refractivity contribution in [2.45, 2.75) is 38.0 Å². The van der Waals surface area contributed by atoms with Gasteiger partial charge in [0.15, 0.2) is 0 Å². The molecule has 0 radical (unpaired) electrons. The van der Waals surface area contributed by atoms with Gasteiger partial charge in [-0.1, -0.05) is 37.5 Å². The first kappa shape index (κ1) is 11.8. The molecule has 1 aliphatic rings. The Morgan fingerprint density at radius 2 is 1.67 bits per heavy atom. The molecular formula is C13H18O2. The maximum Gasteiger partial charge on any atom is 0.119 e. The van der Waals surface area contributed by atoms with Gasteiger partial charge in [-0.05, 0) is 30.4 Å². The van der Waals surface area contributed by atoms with Crippen molar-refractivity contribution in [3.63, 3.8) is 0 Å². The van der Waals surface area contributed by atoms with Crippen molar-refractivity contribution in [1.29, 1.82) is 0 Å². The summed E-state index contributed by atoms with van der Waals surface area (Å²) in [6.07, 6.45) is 6.50. The second-order valence-corrected chi connectivity index (χ2v) is 3.89. The number of hydrogen-bond donors (Lipinski definition) is 1. The molecular weight excluding hydrogens is 188 g/mol. The highest BCUT2D eigenvalue weighted by Gasteiger charge is 2.17. The van der Waals surface area contributed by atoms with Crippen molar-refractivity contribution in [2.24, 2.45) is 0 Å². The van der Waals surface area contributed by atoms with Crippen molar-refractivity contribution in [2.75, 3.05) is 0 Å². The lowest BCUT2D eigenvalue weighted by Gasteiger charge is -2.22. The molecule has 0 amide bonds. The molecule has 0 bridgehead atoms. The van der Waals surface area contributed by atoms with Gasteiger partial charge in [0, 0.05) is 0 Å². The van der Waals surface area contributed by atoms with E-state index in [0.29, 0.717) is 11.7 Å². The second kappa shape index (κ2) is 6.23. The molecule has 1 fully saturated rings. The zero-order chi connectivity index (χ0) is 11.1. The van der Waals surface area contributed by atoms with Gasteiger partial charge in [-0.2, -0.15) is 0 Å². The Morgan fingerprint density at radius 3 is 2.27 bits per heavy atom. The molecule has 0 saturated heterocycles. The van der Waals surface area contributed by atoms with Crippen molar-refractivity contribution in [1.82, 2.24) is 0 Å². The first-order chi connectivity index (χ1) is 7.38. The molecule has 1 aromatic rings. The summed E-state index contributed by atoms with van der Waals surface area (Å²) in [5.41, 5.74) is 1.15. The number of aromatic hydroxyl groups is 1. The molecule has 2 rings (SSSR count). The highest BCUT2D eigenvalue weighted by atomic mass is 16.3. The summed E-state index contributed by atoms with van der Waals surface area (Å²) in [6, 6.07) is 7.76. The summed E-state index contributed by atoms with van der Waals surface area (Å²) < 4.78 is 0. The molecule has 0 aromatic heterocycles. The molecule has 2 nitrogen and oxygen atoms in total. The number of hydrogen-bond acceptors (Lipinski definition) is 2. The van der Waals surface area contributed by atoms with E-state index in [1.165, 1.54) is 32.1 Å². The third kappa shape index (κ3) is 3.08. The molecule has 0 unspecified atom stereocenters. The molecule has 0 spiro atoms. The van der Waals surface area contributed by atoms with Crippen LogP contribution in [0, 0.1) is 0 Å². The Kier molecular flexibility index (Phi) is 4.88. The van der Waals surface area contributed by atoms with Crippen LogP contribution in [0.3, 0.4) is 0 Å². The van der Waals surface area contributed by atoms with Crippen LogP contribution in [0.15, 0.2) is 24.3 Å². The van der Waals surface area contributed by atoms with Gasteiger partial charge in [-0.3, -0.25) is 0 Å². The normalized spacial score (nSPS) is 16.5. The fourth-order valence-corrected chi connectivity index (χ4v) is 2.25.